The highest BCUT2D eigenvalue weighted by Crippen LogP contribution is 2.28. The largest absolute Gasteiger partial charge is 0.394 e. The first-order valence-electron chi connectivity index (χ1n) is 8.56. The second-order valence-corrected chi connectivity index (χ2v) is 6.03. The van der Waals surface area contributed by atoms with Crippen LogP contribution in [0.1, 0.15) is 51.1 Å². The van der Waals surface area contributed by atoms with Crippen molar-refractivity contribution in [2.75, 3.05) is 0 Å². The van der Waals surface area contributed by atoms with Gasteiger partial charge in [0.05, 0.1) is 12.1 Å². The molecule has 2 aromatic rings. The first-order chi connectivity index (χ1) is 11.5. The molecule has 0 saturated carbocycles. The average Bonchev–Trinajstić information content (AvgIpc) is 2.92. The molecule has 0 fully saturated rings. The molecule has 1 aromatic carbocycles. The lowest BCUT2D eigenvalue weighted by Gasteiger charge is -2.11. The van der Waals surface area contributed by atoms with Crippen molar-refractivity contribution in [1.29, 1.82) is 0 Å². The van der Waals surface area contributed by atoms with Gasteiger partial charge in [-0.2, -0.15) is 13.2 Å². The van der Waals surface area contributed by atoms with Gasteiger partial charge in [-0.05, 0) is 6.42 Å². The third-order valence-electron chi connectivity index (χ3n) is 3.98. The van der Waals surface area contributed by atoms with Crippen molar-refractivity contribution in [2.24, 2.45) is 0 Å². The van der Waals surface area contributed by atoms with Crippen LogP contribution in [-0.4, -0.2) is 21.2 Å². The van der Waals surface area contributed by atoms with Crippen molar-refractivity contribution in [1.82, 2.24) is 15.0 Å². The van der Waals surface area contributed by atoms with E-state index in [1.165, 1.54) is 23.9 Å². The van der Waals surface area contributed by atoms with Gasteiger partial charge >= 0.3 is 6.18 Å². The van der Waals surface area contributed by atoms with Crippen LogP contribution in [0.5, 0.6) is 0 Å². The van der Waals surface area contributed by atoms with Gasteiger partial charge in [0.15, 0.2) is 0 Å². The Morgan fingerprint density at radius 1 is 0.958 bits per heavy atom. The van der Waals surface area contributed by atoms with E-state index in [-0.39, 0.29) is 5.69 Å². The molecule has 0 aliphatic rings. The first kappa shape index (κ1) is 18.5. The van der Waals surface area contributed by atoms with Crippen LogP contribution in [0.15, 0.2) is 30.3 Å². The molecule has 0 spiro atoms. The lowest BCUT2D eigenvalue weighted by atomic mass is 10.1. The predicted molar refractivity (Wildman–Crippen MR) is 88.6 cm³/mol. The lowest BCUT2D eigenvalue weighted by Crippen LogP contribution is -2.17. The molecule has 0 bridgehead atoms. The fourth-order valence-corrected chi connectivity index (χ4v) is 2.74. The van der Waals surface area contributed by atoms with Crippen molar-refractivity contribution < 1.29 is 13.2 Å². The lowest BCUT2D eigenvalue weighted by molar-refractivity contribution is -0.128. The molecule has 0 amide bonds. The Morgan fingerprint density at radius 3 is 2.29 bits per heavy atom. The van der Waals surface area contributed by atoms with Gasteiger partial charge in [-0.15, -0.1) is 5.10 Å². The van der Waals surface area contributed by atoms with Crippen LogP contribution in [0.2, 0.25) is 0 Å². The van der Waals surface area contributed by atoms with E-state index < -0.39 is 12.6 Å². The van der Waals surface area contributed by atoms with Crippen LogP contribution in [0.4, 0.5) is 13.2 Å². The summed E-state index contributed by atoms with van der Waals surface area (Å²) in [6.07, 6.45) is 1.24. The number of hydrogen-bond donors (Lipinski definition) is 0. The van der Waals surface area contributed by atoms with Crippen molar-refractivity contribution >= 4 is 0 Å². The van der Waals surface area contributed by atoms with Gasteiger partial charge in [-0.1, -0.05) is 74.6 Å². The number of nitrogens with zero attached hydrogens (tertiary/aromatic N) is 3. The first-order valence-corrected chi connectivity index (χ1v) is 8.56. The molecule has 0 saturated heterocycles. The fraction of sp³-hybridized carbons (Fsp3) is 0.556. The molecule has 0 N–H and O–H groups in total. The minimum Gasteiger partial charge on any atom is -0.248 e. The van der Waals surface area contributed by atoms with Gasteiger partial charge in [-0.25, -0.2) is 4.68 Å². The van der Waals surface area contributed by atoms with Crippen LogP contribution < -0.4 is 0 Å². The summed E-state index contributed by atoms with van der Waals surface area (Å²) in [4.78, 5) is 0. The number of unbranched alkanes of at least 4 members (excludes halogenated alkanes) is 5. The second-order valence-electron chi connectivity index (χ2n) is 6.03. The molecule has 2 rings (SSSR count). The van der Waals surface area contributed by atoms with Gasteiger partial charge in [0, 0.05) is 12.1 Å². The molecule has 0 atom stereocenters. The fourth-order valence-electron chi connectivity index (χ4n) is 2.74. The van der Waals surface area contributed by atoms with Gasteiger partial charge in [0.1, 0.15) is 5.69 Å². The molecule has 1 heterocycles. The zero-order valence-corrected chi connectivity index (χ0v) is 14.0. The number of aryl methyl sites for hydroxylation is 1. The van der Waals surface area contributed by atoms with Gasteiger partial charge in [0.25, 0.3) is 0 Å². The maximum atomic E-state index is 13.0. The number of benzene rings is 1. The highest BCUT2D eigenvalue weighted by molar-refractivity contribution is 5.61. The topological polar surface area (TPSA) is 30.7 Å². The molecule has 0 radical (unpaired) electrons. The van der Waals surface area contributed by atoms with E-state index >= 15 is 0 Å². The predicted octanol–water partition coefficient (Wildman–Crippen LogP) is 5.41. The van der Waals surface area contributed by atoms with Crippen LogP contribution in [0.3, 0.4) is 0 Å². The second kappa shape index (κ2) is 8.85. The molecule has 6 heteroatoms. The van der Waals surface area contributed by atoms with Crippen molar-refractivity contribution in [2.45, 2.75) is 64.6 Å². The zero-order chi connectivity index (χ0) is 17.4. The van der Waals surface area contributed by atoms with Gasteiger partial charge < -0.3 is 0 Å². The SMILES string of the molecule is CCCCCCCCn1nnc(-c2ccccc2)c1CC(F)(F)F. The number of halogens is 3. The van der Waals surface area contributed by atoms with E-state index in [1.54, 1.807) is 24.3 Å². The monoisotopic (exact) mass is 339 g/mol. The average molecular weight is 339 g/mol. The number of aromatic nitrogens is 3. The Bertz CT molecular complexity index is 606. The minimum atomic E-state index is -4.27. The standard InChI is InChI=1S/C18H24F3N3/c1-2-3-4-5-6-10-13-24-16(14-18(19,20)21)17(22-23-24)15-11-8-7-9-12-15/h7-9,11-12H,2-6,10,13-14H2,1H3. The summed E-state index contributed by atoms with van der Waals surface area (Å²) < 4.78 is 40.3. The molecule has 0 aliphatic carbocycles. The van der Waals surface area contributed by atoms with Crippen molar-refractivity contribution in [3.63, 3.8) is 0 Å². The summed E-state index contributed by atoms with van der Waals surface area (Å²) in [5.41, 5.74) is 1.16. The van der Waals surface area contributed by atoms with Crippen LogP contribution in [-0.2, 0) is 13.0 Å². The molecule has 132 valence electrons. The summed E-state index contributed by atoms with van der Waals surface area (Å²) in [5, 5.41) is 7.99. The van der Waals surface area contributed by atoms with Crippen LogP contribution in [0, 0.1) is 0 Å². The van der Waals surface area contributed by atoms with Crippen molar-refractivity contribution in [3.8, 4) is 11.3 Å². The summed E-state index contributed by atoms with van der Waals surface area (Å²) in [5.74, 6) is 0. The normalized spacial score (nSPS) is 11.8. The smallest absolute Gasteiger partial charge is 0.248 e. The summed E-state index contributed by atoms with van der Waals surface area (Å²) >= 11 is 0. The van der Waals surface area contributed by atoms with E-state index in [0.29, 0.717) is 17.8 Å². The summed E-state index contributed by atoms with van der Waals surface area (Å²) in [6.45, 7) is 2.64. The van der Waals surface area contributed by atoms with Gasteiger partial charge in [-0.3, -0.25) is 0 Å². The van der Waals surface area contributed by atoms with Crippen LogP contribution >= 0.6 is 0 Å². The summed E-state index contributed by atoms with van der Waals surface area (Å²) in [7, 11) is 0. The maximum absolute atomic E-state index is 13.0. The number of hydrogen-bond acceptors (Lipinski definition) is 2. The van der Waals surface area contributed by atoms with Gasteiger partial charge in [0.2, 0.25) is 0 Å². The van der Waals surface area contributed by atoms with E-state index in [4.69, 9.17) is 0 Å². The highest BCUT2D eigenvalue weighted by atomic mass is 19.4. The molecule has 1 aromatic heterocycles. The third kappa shape index (κ3) is 5.65. The Labute approximate surface area is 140 Å². The Balaban J connectivity index is 2.08. The Kier molecular flexibility index (Phi) is 6.82. The van der Waals surface area contributed by atoms with E-state index in [1.807, 2.05) is 6.07 Å². The number of alkyl halides is 3. The van der Waals surface area contributed by atoms with E-state index in [0.717, 1.165) is 19.3 Å². The Morgan fingerprint density at radius 2 is 1.62 bits per heavy atom. The van der Waals surface area contributed by atoms with Crippen molar-refractivity contribution in [3.05, 3.63) is 36.0 Å². The third-order valence-corrected chi connectivity index (χ3v) is 3.98. The Hall–Kier alpha value is -1.85. The quantitative estimate of drug-likeness (QED) is 0.572. The molecule has 0 aliphatic heterocycles. The zero-order valence-electron chi connectivity index (χ0n) is 14.0. The van der Waals surface area contributed by atoms with E-state index in [2.05, 4.69) is 17.2 Å². The highest BCUT2D eigenvalue weighted by Gasteiger charge is 2.32. The van der Waals surface area contributed by atoms with Crippen LogP contribution in [0.25, 0.3) is 11.3 Å². The summed E-state index contributed by atoms with van der Waals surface area (Å²) in [6, 6.07) is 8.94. The minimum absolute atomic E-state index is 0.155. The molecule has 0 unspecified atom stereocenters. The molecule has 3 nitrogen and oxygen atoms in total. The van der Waals surface area contributed by atoms with E-state index in [9.17, 15) is 13.2 Å². The maximum Gasteiger partial charge on any atom is 0.394 e. The molecular formula is C18H24F3N3. The number of rotatable bonds is 9. The molecular weight excluding hydrogens is 315 g/mol. The molecule has 24 heavy (non-hydrogen) atoms.